The molecule has 0 spiro atoms. The van der Waals surface area contributed by atoms with Crippen molar-refractivity contribution in [1.82, 2.24) is 15.1 Å². The van der Waals surface area contributed by atoms with Crippen LogP contribution in [0.3, 0.4) is 0 Å². The number of rotatable bonds is 6. The molecule has 0 saturated heterocycles. The van der Waals surface area contributed by atoms with Gasteiger partial charge in [0.05, 0.1) is 18.8 Å². The zero-order chi connectivity index (χ0) is 21.4. The maximum absolute atomic E-state index is 13.4. The molecule has 31 heavy (non-hydrogen) atoms. The number of nitrogens with zero attached hydrogens (tertiary/aromatic N) is 2. The number of ether oxygens (including phenoxy) is 1. The fourth-order valence-electron chi connectivity index (χ4n) is 4.14. The second-order valence-corrected chi connectivity index (χ2v) is 8.72. The molecule has 1 amide bonds. The van der Waals surface area contributed by atoms with Crippen molar-refractivity contribution in [3.63, 3.8) is 0 Å². The highest BCUT2D eigenvalue weighted by Gasteiger charge is 2.42. The van der Waals surface area contributed by atoms with E-state index in [2.05, 4.69) is 65.0 Å². The van der Waals surface area contributed by atoms with Crippen LogP contribution in [0.4, 0.5) is 0 Å². The van der Waals surface area contributed by atoms with E-state index >= 15 is 0 Å². The van der Waals surface area contributed by atoms with E-state index in [0.29, 0.717) is 12.2 Å². The molecule has 1 aliphatic heterocycles. The Kier molecular flexibility index (Phi) is 5.08. The van der Waals surface area contributed by atoms with Crippen molar-refractivity contribution in [2.45, 2.75) is 19.4 Å². The van der Waals surface area contributed by atoms with Gasteiger partial charge in [0, 0.05) is 22.5 Å². The topological polar surface area (TPSA) is 58.2 Å². The number of benzene rings is 2. The third-order valence-electron chi connectivity index (χ3n) is 5.80. The van der Waals surface area contributed by atoms with Gasteiger partial charge in [0.15, 0.2) is 0 Å². The van der Waals surface area contributed by atoms with Gasteiger partial charge in [0.1, 0.15) is 11.4 Å². The van der Waals surface area contributed by atoms with Gasteiger partial charge in [0.25, 0.3) is 5.91 Å². The van der Waals surface area contributed by atoms with Gasteiger partial charge in [-0.1, -0.05) is 48.0 Å². The molecule has 0 bridgehead atoms. The Morgan fingerprint density at radius 1 is 1.10 bits per heavy atom. The van der Waals surface area contributed by atoms with E-state index in [9.17, 15) is 4.79 Å². The summed E-state index contributed by atoms with van der Waals surface area (Å²) in [6, 6.07) is 20.3. The summed E-state index contributed by atoms with van der Waals surface area (Å²) in [7, 11) is 1.66. The molecule has 156 valence electrons. The third kappa shape index (κ3) is 3.53. The Balaban J connectivity index is 1.49. The van der Waals surface area contributed by atoms with Crippen LogP contribution in [0.5, 0.6) is 5.75 Å². The van der Waals surface area contributed by atoms with Crippen molar-refractivity contribution >= 4 is 17.2 Å². The molecule has 5 nitrogen and oxygen atoms in total. The third-order valence-corrected chi connectivity index (χ3v) is 6.73. The Bertz CT molecular complexity index is 1190. The predicted molar refractivity (Wildman–Crippen MR) is 123 cm³/mol. The van der Waals surface area contributed by atoms with Gasteiger partial charge in [-0.2, -0.15) is 5.10 Å². The number of carbonyl (C=O) groups excluding carboxylic acids is 1. The molecule has 2 aromatic heterocycles. The predicted octanol–water partition coefficient (Wildman–Crippen LogP) is 5.24. The first-order valence-corrected chi connectivity index (χ1v) is 11.2. The molecule has 0 aliphatic carbocycles. The Hall–Kier alpha value is -3.38. The summed E-state index contributed by atoms with van der Waals surface area (Å²) in [5.41, 5.74) is 5.83. The number of fused-ring (bicyclic) bond motifs is 1. The quantitative estimate of drug-likeness (QED) is 0.456. The lowest BCUT2D eigenvalue weighted by atomic mass is 10.00. The summed E-state index contributed by atoms with van der Waals surface area (Å²) in [6.07, 6.45) is 0.773. The minimum atomic E-state index is -0.129. The van der Waals surface area contributed by atoms with Gasteiger partial charge < -0.3 is 9.64 Å². The summed E-state index contributed by atoms with van der Waals surface area (Å²) < 4.78 is 5.25. The molecule has 1 N–H and O–H groups in total. The highest BCUT2D eigenvalue weighted by Crippen LogP contribution is 2.44. The van der Waals surface area contributed by atoms with E-state index in [-0.39, 0.29) is 11.9 Å². The lowest BCUT2D eigenvalue weighted by molar-refractivity contribution is 0.0748. The highest BCUT2D eigenvalue weighted by molar-refractivity contribution is 7.10. The first-order chi connectivity index (χ1) is 15.2. The largest absolute Gasteiger partial charge is 0.497 e. The smallest absolute Gasteiger partial charge is 0.273 e. The molecule has 6 heteroatoms. The summed E-state index contributed by atoms with van der Waals surface area (Å²) in [4.78, 5) is 16.5. The van der Waals surface area contributed by atoms with Crippen molar-refractivity contribution in [2.24, 2.45) is 0 Å². The maximum Gasteiger partial charge on any atom is 0.273 e. The number of nitrogens with one attached hydrogen (secondary N) is 1. The van der Waals surface area contributed by atoms with Crippen LogP contribution in [0.1, 0.15) is 38.1 Å². The van der Waals surface area contributed by atoms with Gasteiger partial charge in [-0.3, -0.25) is 9.89 Å². The number of aromatic nitrogens is 2. The maximum atomic E-state index is 13.4. The molecule has 5 rings (SSSR count). The van der Waals surface area contributed by atoms with Crippen molar-refractivity contribution in [3.05, 3.63) is 93.3 Å². The lowest BCUT2D eigenvalue weighted by Crippen LogP contribution is -2.31. The molecular weight excluding hydrogens is 406 g/mol. The van der Waals surface area contributed by atoms with Crippen LogP contribution in [-0.4, -0.2) is 34.7 Å². The minimum Gasteiger partial charge on any atom is -0.497 e. The van der Waals surface area contributed by atoms with Crippen LogP contribution in [0.15, 0.2) is 66.0 Å². The molecule has 4 aromatic rings. The van der Waals surface area contributed by atoms with Crippen LogP contribution < -0.4 is 4.74 Å². The Morgan fingerprint density at radius 3 is 2.55 bits per heavy atom. The van der Waals surface area contributed by atoms with E-state index in [1.54, 1.807) is 18.4 Å². The van der Waals surface area contributed by atoms with E-state index in [4.69, 9.17) is 4.74 Å². The first-order valence-electron chi connectivity index (χ1n) is 10.3. The molecule has 1 unspecified atom stereocenters. The summed E-state index contributed by atoms with van der Waals surface area (Å²) in [5, 5.41) is 9.63. The summed E-state index contributed by atoms with van der Waals surface area (Å²) in [5.74, 6) is 0.842. The minimum absolute atomic E-state index is 0.00720. The van der Waals surface area contributed by atoms with Gasteiger partial charge in [-0.05, 0) is 42.5 Å². The second-order valence-electron chi connectivity index (χ2n) is 7.74. The van der Waals surface area contributed by atoms with E-state index in [1.165, 1.54) is 11.1 Å². The fourth-order valence-corrected chi connectivity index (χ4v) is 4.99. The zero-order valence-corrected chi connectivity index (χ0v) is 18.3. The molecule has 0 fully saturated rings. The SMILES string of the molecule is COc1ccc(CCN2C(=O)c3[nH]nc(-c4ccc(C)cc4)c3C2c2cccs2)cc1. The number of H-pyrrole nitrogens is 1. The summed E-state index contributed by atoms with van der Waals surface area (Å²) >= 11 is 1.67. The van der Waals surface area contributed by atoms with E-state index < -0.39 is 0 Å². The molecule has 2 aromatic carbocycles. The summed E-state index contributed by atoms with van der Waals surface area (Å²) in [6.45, 7) is 2.70. The number of aromatic amines is 1. The lowest BCUT2D eigenvalue weighted by Gasteiger charge is -2.25. The zero-order valence-electron chi connectivity index (χ0n) is 17.5. The van der Waals surface area contributed by atoms with Crippen LogP contribution in [0, 0.1) is 6.92 Å². The number of carbonyl (C=O) groups is 1. The number of amides is 1. The monoisotopic (exact) mass is 429 g/mol. The molecule has 1 aliphatic rings. The van der Waals surface area contributed by atoms with Gasteiger partial charge in [0.2, 0.25) is 0 Å². The van der Waals surface area contributed by atoms with Crippen LogP contribution in [0.25, 0.3) is 11.3 Å². The van der Waals surface area contributed by atoms with Crippen LogP contribution >= 0.6 is 11.3 Å². The molecular formula is C25H23N3O2S. The number of hydrogen-bond donors (Lipinski definition) is 1. The molecule has 0 saturated carbocycles. The normalized spacial score (nSPS) is 15.4. The number of hydrogen-bond acceptors (Lipinski definition) is 4. The fraction of sp³-hybridized carbons (Fsp3) is 0.200. The standard InChI is InChI=1S/C25H23N3O2S/c1-16-5-9-18(10-6-16)22-21-23(27-26-22)25(29)28(24(21)20-4-3-15-31-20)14-13-17-7-11-19(30-2)12-8-17/h3-12,15,24H,13-14H2,1-2H3,(H,26,27). The number of methoxy groups -OCH3 is 1. The Labute approximate surface area is 185 Å². The van der Waals surface area contributed by atoms with Crippen molar-refractivity contribution < 1.29 is 9.53 Å². The average molecular weight is 430 g/mol. The van der Waals surface area contributed by atoms with Crippen molar-refractivity contribution in [2.75, 3.05) is 13.7 Å². The number of thiophene rings is 1. The second kappa shape index (κ2) is 8.04. The number of aryl methyl sites for hydroxylation is 1. The highest BCUT2D eigenvalue weighted by atomic mass is 32.1. The molecule has 3 heterocycles. The van der Waals surface area contributed by atoms with Gasteiger partial charge in [-0.25, -0.2) is 0 Å². The van der Waals surface area contributed by atoms with E-state index in [1.807, 2.05) is 23.1 Å². The Morgan fingerprint density at radius 2 is 1.87 bits per heavy atom. The molecule has 0 radical (unpaired) electrons. The first kappa shape index (κ1) is 19.6. The van der Waals surface area contributed by atoms with Gasteiger partial charge >= 0.3 is 0 Å². The average Bonchev–Trinajstić information content (AvgIpc) is 3.52. The van der Waals surface area contributed by atoms with Crippen molar-refractivity contribution in [1.29, 1.82) is 0 Å². The van der Waals surface area contributed by atoms with Crippen LogP contribution in [-0.2, 0) is 6.42 Å². The molecule has 1 atom stereocenters. The van der Waals surface area contributed by atoms with E-state index in [0.717, 1.165) is 33.9 Å². The van der Waals surface area contributed by atoms with Gasteiger partial charge in [-0.15, -0.1) is 11.3 Å². The van der Waals surface area contributed by atoms with Crippen molar-refractivity contribution in [3.8, 4) is 17.0 Å². The van der Waals surface area contributed by atoms with Crippen LogP contribution in [0.2, 0.25) is 0 Å².